The van der Waals surface area contributed by atoms with Crippen molar-refractivity contribution in [1.29, 1.82) is 0 Å². The number of phenolic OH excluding ortho intramolecular Hbond substituents is 1. The average Bonchev–Trinajstić information content (AvgIpc) is 2.61. The summed E-state index contributed by atoms with van der Waals surface area (Å²) in [6.45, 7) is 4.47. The van der Waals surface area contributed by atoms with Crippen molar-refractivity contribution in [2.45, 2.75) is 52.4 Å². The molecule has 0 aliphatic heterocycles. The van der Waals surface area contributed by atoms with Gasteiger partial charge in [0.2, 0.25) is 0 Å². The fourth-order valence-corrected chi connectivity index (χ4v) is 2.87. The van der Waals surface area contributed by atoms with Gasteiger partial charge in [-0.05, 0) is 54.8 Å². The lowest BCUT2D eigenvalue weighted by molar-refractivity contribution is 0.101. The van der Waals surface area contributed by atoms with Crippen LogP contribution in [0, 0.1) is 0 Å². The molecule has 0 saturated carbocycles. The third kappa shape index (κ3) is 5.93. The third-order valence-corrected chi connectivity index (χ3v) is 4.32. The first kappa shape index (κ1) is 19.0. The van der Waals surface area contributed by atoms with Gasteiger partial charge in [-0.1, -0.05) is 51.2 Å². The molecule has 134 valence electrons. The van der Waals surface area contributed by atoms with Gasteiger partial charge in [0.1, 0.15) is 11.5 Å². The number of aromatic hydroxyl groups is 1. The highest BCUT2D eigenvalue weighted by Crippen LogP contribution is 2.29. The van der Waals surface area contributed by atoms with E-state index in [0.717, 1.165) is 23.3 Å². The molecule has 2 aromatic rings. The molecule has 0 atom stereocenters. The highest BCUT2D eigenvalue weighted by Gasteiger charge is 2.11. The fraction of sp³-hybridized carbons (Fsp3) is 0.409. The molecule has 0 amide bonds. The number of hydrogen-bond acceptors (Lipinski definition) is 3. The van der Waals surface area contributed by atoms with Crippen LogP contribution in [-0.4, -0.2) is 17.5 Å². The molecule has 0 unspecified atom stereocenters. The second-order valence-electron chi connectivity index (χ2n) is 6.43. The molecule has 2 aromatic carbocycles. The summed E-state index contributed by atoms with van der Waals surface area (Å²) in [5, 5.41) is 9.43. The van der Waals surface area contributed by atoms with Crippen LogP contribution in [0.1, 0.15) is 62.7 Å². The molecule has 0 bridgehead atoms. The third-order valence-electron chi connectivity index (χ3n) is 4.32. The number of carbonyl (C=O) groups excluding carboxylic acids is 1. The Morgan fingerprint density at radius 2 is 1.64 bits per heavy atom. The molecule has 3 heteroatoms. The Balaban J connectivity index is 1.99. The number of hydrogen-bond donors (Lipinski definition) is 1. The lowest BCUT2D eigenvalue weighted by Gasteiger charge is -2.11. The number of rotatable bonds is 10. The molecule has 0 aliphatic carbocycles. The van der Waals surface area contributed by atoms with E-state index in [1.165, 1.54) is 32.1 Å². The highest BCUT2D eigenvalue weighted by atomic mass is 16.5. The summed E-state index contributed by atoms with van der Waals surface area (Å²) in [4.78, 5) is 12.0. The van der Waals surface area contributed by atoms with Crippen LogP contribution in [0.2, 0.25) is 0 Å². The van der Waals surface area contributed by atoms with Crippen molar-refractivity contribution in [1.82, 2.24) is 0 Å². The largest absolute Gasteiger partial charge is 0.508 e. The fourth-order valence-electron chi connectivity index (χ4n) is 2.87. The van der Waals surface area contributed by atoms with Crippen LogP contribution >= 0.6 is 0 Å². The lowest BCUT2D eigenvalue weighted by Crippen LogP contribution is -2.01. The number of benzene rings is 2. The Hall–Kier alpha value is -2.29. The molecule has 0 spiro atoms. The summed E-state index contributed by atoms with van der Waals surface area (Å²) < 4.78 is 5.82. The second-order valence-corrected chi connectivity index (χ2v) is 6.43. The Labute approximate surface area is 150 Å². The van der Waals surface area contributed by atoms with Crippen molar-refractivity contribution in [3.05, 3.63) is 48.0 Å². The van der Waals surface area contributed by atoms with Crippen molar-refractivity contribution in [3.63, 3.8) is 0 Å². The molecule has 0 radical (unpaired) electrons. The first-order chi connectivity index (χ1) is 12.1. The first-order valence-electron chi connectivity index (χ1n) is 9.19. The topological polar surface area (TPSA) is 46.5 Å². The predicted octanol–water partition coefficient (Wildman–Crippen LogP) is 6.00. The van der Waals surface area contributed by atoms with E-state index in [0.29, 0.717) is 12.2 Å². The normalized spacial score (nSPS) is 10.6. The number of Topliss-reactive ketones (excluding diaryl/α,β-unsaturated/α-hetero) is 1. The highest BCUT2D eigenvalue weighted by molar-refractivity contribution is 6.01. The van der Waals surface area contributed by atoms with Crippen molar-refractivity contribution in [2.75, 3.05) is 6.61 Å². The molecular weight excluding hydrogens is 312 g/mol. The average molecular weight is 340 g/mol. The zero-order valence-corrected chi connectivity index (χ0v) is 15.3. The Morgan fingerprint density at radius 1 is 0.960 bits per heavy atom. The summed E-state index contributed by atoms with van der Waals surface area (Å²) in [6, 6.07) is 12.5. The van der Waals surface area contributed by atoms with E-state index in [1.807, 2.05) is 30.3 Å². The quantitative estimate of drug-likeness (QED) is 0.426. The summed E-state index contributed by atoms with van der Waals surface area (Å²) >= 11 is 0. The maximum absolute atomic E-state index is 12.0. The van der Waals surface area contributed by atoms with Crippen molar-refractivity contribution < 1.29 is 14.6 Å². The minimum Gasteiger partial charge on any atom is -0.508 e. The van der Waals surface area contributed by atoms with Gasteiger partial charge in [0.15, 0.2) is 5.78 Å². The van der Waals surface area contributed by atoms with Gasteiger partial charge >= 0.3 is 0 Å². The van der Waals surface area contributed by atoms with E-state index < -0.39 is 0 Å². The van der Waals surface area contributed by atoms with Crippen LogP contribution in [0.5, 0.6) is 11.5 Å². The summed E-state index contributed by atoms with van der Waals surface area (Å²) in [5.41, 5.74) is 2.41. The number of unbranched alkanes of at least 4 members (excludes halogenated alkanes) is 5. The molecule has 2 rings (SSSR count). The Bertz CT molecular complexity index is 674. The van der Waals surface area contributed by atoms with Crippen LogP contribution in [0.15, 0.2) is 42.5 Å². The molecule has 0 heterocycles. The lowest BCUT2D eigenvalue weighted by atomic mass is 9.97. The van der Waals surface area contributed by atoms with Gasteiger partial charge in [-0.25, -0.2) is 0 Å². The van der Waals surface area contributed by atoms with Crippen molar-refractivity contribution in [3.8, 4) is 22.6 Å². The molecular formula is C22H28O3. The second kappa shape index (κ2) is 9.87. The molecule has 25 heavy (non-hydrogen) atoms. The number of carbonyl (C=O) groups is 1. The molecule has 1 N–H and O–H groups in total. The zero-order chi connectivity index (χ0) is 18.1. The zero-order valence-electron chi connectivity index (χ0n) is 15.3. The number of ketones is 1. The molecule has 0 fully saturated rings. The van der Waals surface area contributed by atoms with Crippen LogP contribution < -0.4 is 4.74 Å². The standard InChI is InChI=1S/C22H28O3/c1-3-4-5-6-7-8-15-25-20-13-14-21(22(16-20)17(2)23)18-9-11-19(24)12-10-18/h9-14,16,24H,3-8,15H2,1-2H3. The van der Waals surface area contributed by atoms with Crippen LogP contribution in [0.4, 0.5) is 0 Å². The Kier molecular flexibility index (Phi) is 7.52. The predicted molar refractivity (Wildman–Crippen MR) is 102 cm³/mol. The van der Waals surface area contributed by atoms with Gasteiger partial charge in [0, 0.05) is 5.56 Å². The molecule has 0 aromatic heterocycles. The summed E-state index contributed by atoms with van der Waals surface area (Å²) in [7, 11) is 0. The van der Waals surface area contributed by atoms with E-state index in [1.54, 1.807) is 19.1 Å². The van der Waals surface area contributed by atoms with E-state index >= 15 is 0 Å². The van der Waals surface area contributed by atoms with Crippen LogP contribution in [0.25, 0.3) is 11.1 Å². The monoisotopic (exact) mass is 340 g/mol. The van der Waals surface area contributed by atoms with E-state index in [-0.39, 0.29) is 11.5 Å². The van der Waals surface area contributed by atoms with Gasteiger partial charge in [-0.3, -0.25) is 4.79 Å². The Morgan fingerprint density at radius 3 is 2.32 bits per heavy atom. The van der Waals surface area contributed by atoms with Gasteiger partial charge in [-0.15, -0.1) is 0 Å². The van der Waals surface area contributed by atoms with E-state index in [9.17, 15) is 9.90 Å². The van der Waals surface area contributed by atoms with E-state index in [2.05, 4.69) is 6.92 Å². The smallest absolute Gasteiger partial charge is 0.160 e. The minimum absolute atomic E-state index is 0.00749. The van der Waals surface area contributed by atoms with Crippen LogP contribution in [-0.2, 0) is 0 Å². The SMILES string of the molecule is CCCCCCCCOc1ccc(-c2ccc(O)cc2)c(C(C)=O)c1. The first-order valence-corrected chi connectivity index (χ1v) is 9.19. The van der Waals surface area contributed by atoms with Crippen molar-refractivity contribution >= 4 is 5.78 Å². The van der Waals surface area contributed by atoms with E-state index in [4.69, 9.17) is 4.74 Å². The molecule has 0 aliphatic rings. The van der Waals surface area contributed by atoms with Gasteiger partial charge in [-0.2, -0.15) is 0 Å². The maximum atomic E-state index is 12.0. The molecule has 3 nitrogen and oxygen atoms in total. The van der Waals surface area contributed by atoms with Gasteiger partial charge < -0.3 is 9.84 Å². The van der Waals surface area contributed by atoms with Crippen molar-refractivity contribution in [2.24, 2.45) is 0 Å². The van der Waals surface area contributed by atoms with Crippen LogP contribution in [0.3, 0.4) is 0 Å². The number of phenols is 1. The molecule has 0 saturated heterocycles. The maximum Gasteiger partial charge on any atom is 0.160 e. The minimum atomic E-state index is 0.00749. The summed E-state index contributed by atoms with van der Waals surface area (Å²) in [5.74, 6) is 0.960. The number of ether oxygens (including phenoxy) is 1. The van der Waals surface area contributed by atoms with Gasteiger partial charge in [0.25, 0.3) is 0 Å². The van der Waals surface area contributed by atoms with Gasteiger partial charge in [0.05, 0.1) is 6.61 Å². The summed E-state index contributed by atoms with van der Waals surface area (Å²) in [6.07, 6.45) is 7.35.